The number of rotatable bonds is 3. The van der Waals surface area contributed by atoms with Crippen LogP contribution in [0.4, 0.5) is 0 Å². The lowest BCUT2D eigenvalue weighted by Crippen LogP contribution is -2.21. The lowest BCUT2D eigenvalue weighted by molar-refractivity contribution is 0.194. The summed E-state index contributed by atoms with van der Waals surface area (Å²) in [5.74, 6) is 0. The van der Waals surface area contributed by atoms with Crippen molar-refractivity contribution in [1.82, 2.24) is 0 Å². The van der Waals surface area contributed by atoms with Crippen LogP contribution < -0.4 is 5.73 Å². The number of methoxy groups -OCH3 is 1. The molecule has 0 aromatic heterocycles. The van der Waals surface area contributed by atoms with Gasteiger partial charge in [-0.25, -0.2) is 0 Å². The summed E-state index contributed by atoms with van der Waals surface area (Å²) in [4.78, 5) is 0. The van der Waals surface area contributed by atoms with E-state index in [1.54, 1.807) is 7.11 Å². The zero-order valence-electron chi connectivity index (χ0n) is 4.98. The molecule has 0 saturated carbocycles. The first-order chi connectivity index (χ1) is 3.27. The van der Waals surface area contributed by atoms with Crippen LogP contribution in [-0.2, 0) is 4.74 Å². The molecule has 7 heavy (non-hydrogen) atoms. The lowest BCUT2D eigenvalue weighted by Gasteiger charge is -2.00. The van der Waals surface area contributed by atoms with Crippen LogP contribution in [0.25, 0.3) is 0 Å². The highest BCUT2D eigenvalue weighted by Crippen LogP contribution is 1.79. The van der Waals surface area contributed by atoms with Crippen LogP contribution in [0.1, 0.15) is 6.42 Å². The van der Waals surface area contributed by atoms with Gasteiger partial charge in [-0.2, -0.15) is 0 Å². The summed E-state index contributed by atoms with van der Waals surface area (Å²) in [7, 11) is 2.78. The predicted octanol–water partition coefficient (Wildman–Crippen LogP) is -1.33. The van der Waals surface area contributed by atoms with Gasteiger partial charge in [0, 0.05) is 24.0 Å². The summed E-state index contributed by atoms with van der Waals surface area (Å²) in [5.41, 5.74) is 5.88. The Kier molecular flexibility index (Phi) is 4.38. The minimum atomic E-state index is 0.417. The largest absolute Gasteiger partial charge is 0.385 e. The number of hydrogen-bond acceptors (Lipinski definition) is 2. The average Bonchev–Trinajstić information content (AvgIpc) is 1.61. The van der Waals surface area contributed by atoms with Crippen molar-refractivity contribution in [1.29, 1.82) is 0 Å². The summed E-state index contributed by atoms with van der Waals surface area (Å²) in [5, 5.41) is 0. The van der Waals surface area contributed by atoms with Crippen molar-refractivity contribution in [3.05, 3.63) is 0 Å². The summed E-state index contributed by atoms with van der Waals surface area (Å²) < 4.78 is 4.79. The molecule has 0 amide bonds. The van der Waals surface area contributed by atoms with Gasteiger partial charge in [0.1, 0.15) is 0 Å². The van der Waals surface area contributed by atoms with Gasteiger partial charge in [0.15, 0.2) is 0 Å². The fraction of sp³-hybridized carbons (Fsp3) is 1.00. The summed E-state index contributed by atoms with van der Waals surface area (Å²) in [6, 6.07) is 0. The van der Waals surface area contributed by atoms with E-state index < -0.39 is 0 Å². The van der Waals surface area contributed by atoms with Crippen molar-refractivity contribution in [2.45, 2.75) is 12.1 Å². The third kappa shape index (κ3) is 6.14. The van der Waals surface area contributed by atoms with Crippen LogP contribution in [0.3, 0.4) is 0 Å². The molecule has 0 bridgehead atoms. The van der Waals surface area contributed by atoms with Gasteiger partial charge in [0.25, 0.3) is 0 Å². The molecular weight excluding hydrogens is 106 g/mol. The molecule has 0 radical (unpaired) electrons. The van der Waals surface area contributed by atoms with Crippen LogP contribution >= 0.6 is 0 Å². The van der Waals surface area contributed by atoms with E-state index in [-0.39, 0.29) is 0 Å². The summed E-state index contributed by atoms with van der Waals surface area (Å²) >= 11 is 0. The second-order valence-electron chi connectivity index (χ2n) is 1.76. The minimum absolute atomic E-state index is 0.417. The van der Waals surface area contributed by atoms with E-state index in [1.807, 2.05) is 0 Å². The number of ether oxygens (including phenoxy) is 1. The highest BCUT2D eigenvalue weighted by atomic mass is 28.1. The smallest absolute Gasteiger partial charge is 0.0473 e. The molecule has 44 valence electrons. The van der Waals surface area contributed by atoms with Gasteiger partial charge >= 0.3 is 0 Å². The normalized spacial score (nSPS) is 14.6. The molecule has 0 saturated heterocycles. The summed E-state index contributed by atoms with van der Waals surface area (Å²) in [6.07, 6.45) is 1.02. The Morgan fingerprint density at radius 1 is 1.86 bits per heavy atom. The van der Waals surface area contributed by atoms with E-state index in [2.05, 4.69) is 0 Å². The predicted molar refractivity (Wildman–Crippen MR) is 34.4 cm³/mol. The molecular formula is C4H13NOSi. The van der Waals surface area contributed by atoms with E-state index in [9.17, 15) is 0 Å². The lowest BCUT2D eigenvalue weighted by atomic mass is 10.5. The molecule has 2 N–H and O–H groups in total. The fourth-order valence-corrected chi connectivity index (χ4v) is 0.539. The molecule has 2 nitrogen and oxygen atoms in total. The first-order valence-electron chi connectivity index (χ1n) is 2.52. The topological polar surface area (TPSA) is 35.2 Å². The Bertz CT molecular complexity index is 40.7. The van der Waals surface area contributed by atoms with Crippen molar-refractivity contribution in [3.8, 4) is 0 Å². The Hall–Kier alpha value is 0.137. The molecule has 0 heterocycles. The van der Waals surface area contributed by atoms with Crippen molar-refractivity contribution in [2.24, 2.45) is 5.73 Å². The third-order valence-corrected chi connectivity index (χ3v) is 1.35. The maximum absolute atomic E-state index is 5.46. The molecule has 0 aliphatic carbocycles. The second kappa shape index (κ2) is 4.30. The first-order valence-corrected chi connectivity index (χ1v) is 3.67. The van der Waals surface area contributed by atoms with Crippen molar-refractivity contribution in [2.75, 3.05) is 13.7 Å². The van der Waals surface area contributed by atoms with E-state index >= 15 is 0 Å². The van der Waals surface area contributed by atoms with E-state index in [1.165, 1.54) is 0 Å². The van der Waals surface area contributed by atoms with Gasteiger partial charge in [-0.05, 0) is 12.1 Å². The molecule has 0 aromatic carbocycles. The molecule has 1 atom stereocenters. The molecule has 0 rings (SSSR count). The van der Waals surface area contributed by atoms with Crippen molar-refractivity contribution in [3.63, 3.8) is 0 Å². The summed E-state index contributed by atoms with van der Waals surface area (Å²) in [6.45, 7) is 0.810. The zero-order valence-corrected chi connectivity index (χ0v) is 6.98. The van der Waals surface area contributed by atoms with Gasteiger partial charge in [0.2, 0.25) is 0 Å². The molecule has 0 spiro atoms. The molecule has 0 fully saturated rings. The molecule has 0 aromatic rings. The molecule has 0 aliphatic heterocycles. The van der Waals surface area contributed by atoms with Crippen LogP contribution in [0.5, 0.6) is 0 Å². The molecule has 3 heteroatoms. The Balaban J connectivity index is 2.68. The quantitative estimate of drug-likeness (QED) is 0.467. The average molecular weight is 119 g/mol. The zero-order chi connectivity index (χ0) is 5.70. The van der Waals surface area contributed by atoms with Gasteiger partial charge in [0.05, 0.1) is 0 Å². The van der Waals surface area contributed by atoms with Gasteiger partial charge < -0.3 is 10.5 Å². The number of hydrogen-bond donors (Lipinski definition) is 1. The Morgan fingerprint density at radius 3 is 2.57 bits per heavy atom. The van der Waals surface area contributed by atoms with Crippen LogP contribution in [-0.4, -0.2) is 29.6 Å². The molecule has 1 unspecified atom stereocenters. The van der Waals surface area contributed by atoms with Crippen LogP contribution in [0.15, 0.2) is 0 Å². The van der Waals surface area contributed by atoms with E-state index in [0.717, 1.165) is 23.3 Å². The van der Waals surface area contributed by atoms with Crippen LogP contribution in [0.2, 0.25) is 0 Å². The Labute approximate surface area is 47.5 Å². The highest BCUT2D eigenvalue weighted by Gasteiger charge is 1.89. The van der Waals surface area contributed by atoms with Crippen molar-refractivity contribution < 1.29 is 4.74 Å². The maximum Gasteiger partial charge on any atom is 0.0473 e. The van der Waals surface area contributed by atoms with E-state index in [0.29, 0.717) is 5.67 Å². The fourth-order valence-electron chi connectivity index (χ4n) is 0.304. The van der Waals surface area contributed by atoms with Crippen molar-refractivity contribution >= 4 is 10.2 Å². The monoisotopic (exact) mass is 119 g/mol. The number of nitrogens with two attached hydrogens (primary N) is 1. The van der Waals surface area contributed by atoms with Gasteiger partial charge in [-0.3, -0.25) is 0 Å². The highest BCUT2D eigenvalue weighted by molar-refractivity contribution is 6.11. The van der Waals surface area contributed by atoms with Crippen LogP contribution in [0, 0.1) is 0 Å². The maximum atomic E-state index is 5.46. The first kappa shape index (κ1) is 7.14. The van der Waals surface area contributed by atoms with Gasteiger partial charge in [-0.15, -0.1) is 0 Å². The second-order valence-corrected chi connectivity index (χ2v) is 3.24. The van der Waals surface area contributed by atoms with Gasteiger partial charge in [-0.1, -0.05) is 0 Å². The SMILES string of the molecule is COCCC(N)[SiH3]. The minimum Gasteiger partial charge on any atom is -0.385 e. The standard InChI is InChI=1S/C4H13NOSi/c1-6-3-2-4(5)7/h4H,2-3,5H2,1,7H3. The third-order valence-electron chi connectivity index (χ3n) is 0.777. The Morgan fingerprint density at radius 2 is 2.43 bits per heavy atom. The molecule has 0 aliphatic rings. The van der Waals surface area contributed by atoms with E-state index in [4.69, 9.17) is 10.5 Å².